The Labute approximate surface area is 152 Å². The van der Waals surface area contributed by atoms with Crippen molar-refractivity contribution in [3.8, 4) is 11.5 Å². The second-order valence-electron chi connectivity index (χ2n) is 5.85. The number of rotatable bonds is 5. The van der Waals surface area contributed by atoms with E-state index in [4.69, 9.17) is 4.42 Å². The third-order valence-electron chi connectivity index (χ3n) is 3.84. The van der Waals surface area contributed by atoms with Gasteiger partial charge in [0, 0.05) is 18.4 Å². The number of nitrogens with zero attached hydrogens (tertiary/aromatic N) is 2. The summed E-state index contributed by atoms with van der Waals surface area (Å²) in [6.45, 7) is 3.69. The summed E-state index contributed by atoms with van der Waals surface area (Å²) in [6.07, 6.45) is -3.03. The first-order valence-corrected chi connectivity index (χ1v) is 9.19. The number of furan rings is 1. The van der Waals surface area contributed by atoms with Gasteiger partial charge in [-0.15, -0.1) is 0 Å². The molecule has 144 valence electrons. The lowest BCUT2D eigenvalue weighted by atomic mass is 10.2. The maximum absolute atomic E-state index is 12.6. The van der Waals surface area contributed by atoms with Crippen LogP contribution in [0.1, 0.15) is 22.5 Å². The van der Waals surface area contributed by atoms with Gasteiger partial charge in [0.25, 0.3) is 10.0 Å². The van der Waals surface area contributed by atoms with Gasteiger partial charge < -0.3 is 4.42 Å². The summed E-state index contributed by atoms with van der Waals surface area (Å²) >= 11 is 0. The van der Waals surface area contributed by atoms with Crippen molar-refractivity contribution in [3.63, 3.8) is 0 Å². The van der Waals surface area contributed by atoms with Gasteiger partial charge in [0.05, 0.1) is 0 Å². The number of H-pyrrole nitrogens is 1. The van der Waals surface area contributed by atoms with E-state index in [0.29, 0.717) is 5.56 Å². The molecule has 0 fully saturated rings. The van der Waals surface area contributed by atoms with Gasteiger partial charge in [-0.2, -0.15) is 18.3 Å². The van der Waals surface area contributed by atoms with Gasteiger partial charge in [0.15, 0.2) is 5.76 Å². The molecule has 7 nitrogen and oxygen atoms in total. The topological polar surface area (TPSA) is 101 Å². The van der Waals surface area contributed by atoms with E-state index in [1.54, 1.807) is 12.3 Å². The molecule has 0 atom stereocenters. The number of hydrogen-bond acceptors (Lipinski definition) is 5. The molecule has 0 bridgehead atoms. The van der Waals surface area contributed by atoms with Crippen LogP contribution in [0.15, 0.2) is 40.0 Å². The van der Waals surface area contributed by atoms with E-state index in [1.165, 1.54) is 6.07 Å². The highest BCUT2D eigenvalue weighted by Crippen LogP contribution is 2.31. The molecule has 0 radical (unpaired) electrons. The van der Waals surface area contributed by atoms with Crippen LogP contribution in [0.3, 0.4) is 0 Å². The molecule has 0 aliphatic carbocycles. The summed E-state index contributed by atoms with van der Waals surface area (Å²) in [5, 5.41) is 4.91. The Kier molecular flexibility index (Phi) is 4.82. The van der Waals surface area contributed by atoms with Gasteiger partial charge in [0.1, 0.15) is 11.4 Å². The molecule has 3 heterocycles. The van der Waals surface area contributed by atoms with Crippen LogP contribution in [0, 0.1) is 13.8 Å². The number of sulfonamides is 1. The number of aryl methyl sites for hydroxylation is 2. The Morgan fingerprint density at radius 2 is 1.96 bits per heavy atom. The van der Waals surface area contributed by atoms with Crippen molar-refractivity contribution in [2.24, 2.45) is 0 Å². The second-order valence-corrected chi connectivity index (χ2v) is 7.55. The fourth-order valence-electron chi connectivity index (χ4n) is 2.24. The molecule has 3 rings (SSSR count). The summed E-state index contributed by atoms with van der Waals surface area (Å²) < 4.78 is 70.0. The molecule has 0 amide bonds. The minimum Gasteiger partial charge on any atom is -0.442 e. The van der Waals surface area contributed by atoms with Gasteiger partial charge in [-0.1, -0.05) is 6.07 Å². The smallest absolute Gasteiger partial charge is 0.432 e. The third kappa shape index (κ3) is 4.19. The van der Waals surface area contributed by atoms with Crippen LogP contribution in [0.2, 0.25) is 0 Å². The molecule has 27 heavy (non-hydrogen) atoms. The SMILES string of the molecule is Cc1cc(CNS(=O)(=O)c2ccc(-c3cc(C(F)(F)F)[nH]n3)o2)cnc1C. The zero-order valence-electron chi connectivity index (χ0n) is 14.3. The lowest BCUT2D eigenvalue weighted by Gasteiger charge is -2.06. The first-order valence-electron chi connectivity index (χ1n) is 7.71. The van der Waals surface area contributed by atoms with Crippen LogP contribution in [0.25, 0.3) is 11.5 Å². The average Bonchev–Trinajstić information content (AvgIpc) is 3.24. The Morgan fingerprint density at radius 1 is 1.22 bits per heavy atom. The molecule has 0 spiro atoms. The van der Waals surface area contributed by atoms with Crippen LogP contribution in [-0.4, -0.2) is 23.6 Å². The molecule has 3 aromatic heterocycles. The van der Waals surface area contributed by atoms with Crippen LogP contribution < -0.4 is 4.72 Å². The molecule has 0 aliphatic rings. The molecule has 11 heteroatoms. The van der Waals surface area contributed by atoms with E-state index >= 15 is 0 Å². The first-order chi connectivity index (χ1) is 12.6. The van der Waals surface area contributed by atoms with Gasteiger partial charge in [-0.05, 0) is 43.2 Å². The summed E-state index contributed by atoms with van der Waals surface area (Å²) in [6, 6.07) is 4.94. The number of nitrogens with one attached hydrogen (secondary N) is 2. The summed E-state index contributed by atoms with van der Waals surface area (Å²) in [7, 11) is -3.99. The van der Waals surface area contributed by atoms with E-state index in [-0.39, 0.29) is 18.0 Å². The van der Waals surface area contributed by atoms with Crippen molar-refractivity contribution >= 4 is 10.0 Å². The van der Waals surface area contributed by atoms with Crippen molar-refractivity contribution in [2.45, 2.75) is 31.7 Å². The van der Waals surface area contributed by atoms with Gasteiger partial charge >= 0.3 is 6.18 Å². The van der Waals surface area contributed by atoms with Crippen molar-refractivity contribution in [2.75, 3.05) is 0 Å². The van der Waals surface area contributed by atoms with Gasteiger partial charge in [-0.25, -0.2) is 13.1 Å². The number of pyridine rings is 1. The highest BCUT2D eigenvalue weighted by atomic mass is 32.2. The zero-order valence-corrected chi connectivity index (χ0v) is 15.1. The molecule has 0 aliphatic heterocycles. The lowest BCUT2D eigenvalue weighted by Crippen LogP contribution is -2.23. The molecular formula is C16H15F3N4O3S. The summed E-state index contributed by atoms with van der Waals surface area (Å²) in [4.78, 5) is 4.16. The Balaban J connectivity index is 1.76. The predicted octanol–water partition coefficient (Wildman–Crippen LogP) is 3.18. The predicted molar refractivity (Wildman–Crippen MR) is 89.0 cm³/mol. The number of alkyl halides is 3. The first kappa shape index (κ1) is 19.1. The van der Waals surface area contributed by atoms with E-state index < -0.39 is 27.0 Å². The van der Waals surface area contributed by atoms with Crippen molar-refractivity contribution in [1.29, 1.82) is 0 Å². The molecule has 0 saturated carbocycles. The molecule has 3 aromatic rings. The zero-order chi connectivity index (χ0) is 19.8. The molecule has 0 saturated heterocycles. The number of halogens is 3. The van der Waals surface area contributed by atoms with Crippen LogP contribution in [-0.2, 0) is 22.7 Å². The van der Waals surface area contributed by atoms with Gasteiger partial charge in [-0.3, -0.25) is 10.1 Å². The number of hydrogen-bond donors (Lipinski definition) is 2. The maximum Gasteiger partial charge on any atom is 0.432 e. The summed E-state index contributed by atoms with van der Waals surface area (Å²) in [5.74, 6) is -0.102. The normalized spacial score (nSPS) is 12.5. The molecule has 0 aromatic carbocycles. The lowest BCUT2D eigenvalue weighted by molar-refractivity contribution is -0.141. The Bertz CT molecular complexity index is 1070. The summed E-state index contributed by atoms with van der Waals surface area (Å²) in [5.41, 5.74) is 1.22. The second kappa shape index (κ2) is 6.82. The van der Waals surface area contributed by atoms with E-state index in [9.17, 15) is 21.6 Å². The fraction of sp³-hybridized carbons (Fsp3) is 0.250. The number of aromatic nitrogens is 3. The molecule has 0 unspecified atom stereocenters. The highest BCUT2D eigenvalue weighted by Gasteiger charge is 2.33. The van der Waals surface area contributed by atoms with Crippen LogP contribution >= 0.6 is 0 Å². The third-order valence-corrected chi connectivity index (χ3v) is 5.12. The Morgan fingerprint density at radius 3 is 2.59 bits per heavy atom. The van der Waals surface area contributed by atoms with E-state index in [0.717, 1.165) is 23.4 Å². The minimum atomic E-state index is -4.59. The maximum atomic E-state index is 12.6. The highest BCUT2D eigenvalue weighted by molar-refractivity contribution is 7.89. The van der Waals surface area contributed by atoms with Gasteiger partial charge in [0.2, 0.25) is 5.09 Å². The van der Waals surface area contributed by atoms with E-state index in [2.05, 4.69) is 14.8 Å². The molecule has 2 N–H and O–H groups in total. The standard InChI is InChI=1S/C16H15F3N4O3S/c1-9-5-11(7-20-10(9)2)8-21-27(24,25)15-4-3-13(26-15)12-6-14(23-22-12)16(17,18)19/h3-7,21H,8H2,1-2H3,(H,22,23). The Hall–Kier alpha value is -2.66. The van der Waals surface area contributed by atoms with Crippen molar-refractivity contribution in [3.05, 3.63) is 53.0 Å². The average molecular weight is 400 g/mol. The monoisotopic (exact) mass is 400 g/mol. The largest absolute Gasteiger partial charge is 0.442 e. The minimum absolute atomic E-state index is 0.00683. The van der Waals surface area contributed by atoms with E-state index in [1.807, 2.05) is 18.9 Å². The quantitative estimate of drug-likeness (QED) is 0.685. The van der Waals surface area contributed by atoms with Crippen molar-refractivity contribution in [1.82, 2.24) is 19.9 Å². The van der Waals surface area contributed by atoms with Crippen molar-refractivity contribution < 1.29 is 26.0 Å². The van der Waals surface area contributed by atoms with Crippen LogP contribution in [0.5, 0.6) is 0 Å². The number of aromatic amines is 1. The molecular weight excluding hydrogens is 385 g/mol. The fourth-order valence-corrected chi connectivity index (χ4v) is 3.19. The van der Waals surface area contributed by atoms with Crippen LogP contribution in [0.4, 0.5) is 13.2 Å².